The van der Waals surface area contributed by atoms with Crippen molar-refractivity contribution in [3.05, 3.63) is 46.3 Å². The van der Waals surface area contributed by atoms with Gasteiger partial charge in [0.25, 0.3) is 5.01 Å². The van der Waals surface area contributed by atoms with Gasteiger partial charge in [0.15, 0.2) is 0 Å². The SMILES string of the molecule is CCC(=Cc1sc2ccc3ccccc3c2[n+]1C)SC. The Morgan fingerprint density at radius 1 is 1.25 bits per heavy atom. The second kappa shape index (κ2) is 5.58. The van der Waals surface area contributed by atoms with Crippen LogP contribution in [0, 0.1) is 0 Å². The average Bonchev–Trinajstić information content (AvgIpc) is 2.81. The van der Waals surface area contributed by atoms with E-state index in [0.717, 1.165) is 6.42 Å². The Kier molecular flexibility index (Phi) is 3.81. The number of aryl methyl sites for hydroxylation is 1. The summed E-state index contributed by atoms with van der Waals surface area (Å²) in [4.78, 5) is 1.43. The molecule has 3 aromatic rings. The molecule has 0 aliphatic carbocycles. The molecule has 0 unspecified atom stereocenters. The van der Waals surface area contributed by atoms with Crippen molar-refractivity contribution in [1.29, 1.82) is 0 Å². The lowest BCUT2D eigenvalue weighted by atomic mass is 10.1. The fraction of sp³-hybridized carbons (Fsp3) is 0.235. The number of hydrogen-bond donors (Lipinski definition) is 0. The number of thiazole rings is 1. The Morgan fingerprint density at radius 3 is 2.80 bits per heavy atom. The topological polar surface area (TPSA) is 3.88 Å². The van der Waals surface area contributed by atoms with E-state index in [1.807, 2.05) is 23.1 Å². The zero-order valence-corrected chi connectivity index (χ0v) is 13.6. The number of allylic oxidation sites excluding steroid dienone is 1. The van der Waals surface area contributed by atoms with E-state index in [1.54, 1.807) is 0 Å². The van der Waals surface area contributed by atoms with Gasteiger partial charge in [0, 0.05) is 6.08 Å². The molecule has 0 aliphatic rings. The van der Waals surface area contributed by atoms with Gasteiger partial charge in [0.1, 0.15) is 11.7 Å². The maximum absolute atomic E-state index is 2.33. The summed E-state index contributed by atoms with van der Waals surface area (Å²) in [5, 5.41) is 3.97. The van der Waals surface area contributed by atoms with Crippen LogP contribution in [-0.4, -0.2) is 6.26 Å². The quantitative estimate of drug-likeness (QED) is 0.616. The van der Waals surface area contributed by atoms with Crippen LogP contribution in [0.4, 0.5) is 0 Å². The van der Waals surface area contributed by atoms with Crippen molar-refractivity contribution in [2.75, 3.05) is 6.26 Å². The molecule has 0 spiro atoms. The highest BCUT2D eigenvalue weighted by Crippen LogP contribution is 2.29. The van der Waals surface area contributed by atoms with Crippen molar-refractivity contribution in [1.82, 2.24) is 0 Å². The Balaban J connectivity index is 2.30. The van der Waals surface area contributed by atoms with Gasteiger partial charge in [-0.2, -0.15) is 4.57 Å². The lowest BCUT2D eigenvalue weighted by molar-refractivity contribution is -0.641. The van der Waals surface area contributed by atoms with E-state index in [4.69, 9.17) is 0 Å². The summed E-state index contributed by atoms with van der Waals surface area (Å²) in [6.07, 6.45) is 5.57. The molecule has 0 fully saturated rings. The highest BCUT2D eigenvalue weighted by molar-refractivity contribution is 8.02. The molecule has 0 saturated heterocycles. The Labute approximate surface area is 127 Å². The molecule has 0 radical (unpaired) electrons. The average molecular weight is 300 g/mol. The summed E-state index contributed by atoms with van der Waals surface area (Å²) in [6.45, 7) is 2.21. The number of rotatable bonds is 3. The molecule has 102 valence electrons. The normalized spacial score (nSPS) is 12.4. The molecule has 1 nitrogen and oxygen atoms in total. The van der Waals surface area contributed by atoms with E-state index in [0.29, 0.717) is 0 Å². The maximum Gasteiger partial charge on any atom is 0.263 e. The summed E-state index contributed by atoms with van der Waals surface area (Å²) in [6, 6.07) is 13.1. The van der Waals surface area contributed by atoms with E-state index in [9.17, 15) is 0 Å². The van der Waals surface area contributed by atoms with Crippen molar-refractivity contribution < 1.29 is 4.57 Å². The third-order valence-electron chi connectivity index (χ3n) is 3.64. The molecule has 1 aromatic heterocycles. The summed E-state index contributed by atoms with van der Waals surface area (Å²) < 4.78 is 3.68. The Morgan fingerprint density at radius 2 is 2.05 bits per heavy atom. The first-order valence-corrected chi connectivity index (χ1v) is 8.83. The van der Waals surface area contributed by atoms with E-state index in [2.05, 4.69) is 67.3 Å². The second-order valence-electron chi connectivity index (χ2n) is 4.80. The lowest BCUT2D eigenvalue weighted by Gasteiger charge is -1.97. The van der Waals surface area contributed by atoms with Crippen LogP contribution in [0.5, 0.6) is 0 Å². The first-order valence-electron chi connectivity index (χ1n) is 6.79. The third kappa shape index (κ3) is 2.25. The van der Waals surface area contributed by atoms with Crippen molar-refractivity contribution in [3.8, 4) is 0 Å². The number of fused-ring (bicyclic) bond motifs is 3. The minimum atomic E-state index is 1.09. The number of benzene rings is 2. The van der Waals surface area contributed by atoms with E-state index in [1.165, 1.54) is 30.9 Å². The van der Waals surface area contributed by atoms with Crippen molar-refractivity contribution in [2.24, 2.45) is 7.05 Å². The van der Waals surface area contributed by atoms with Gasteiger partial charge >= 0.3 is 0 Å². The summed E-state index contributed by atoms with van der Waals surface area (Å²) in [5.41, 5.74) is 1.34. The van der Waals surface area contributed by atoms with Crippen LogP contribution in [0.3, 0.4) is 0 Å². The number of thioether (sulfide) groups is 1. The standard InChI is InChI=1S/C17H18NS2/c1-4-13(19-3)11-16-18(2)17-14-8-6-5-7-12(14)9-10-15(17)20-16/h5-11H,4H2,1-3H3/q+1. The van der Waals surface area contributed by atoms with Crippen LogP contribution in [0.25, 0.3) is 27.1 Å². The highest BCUT2D eigenvalue weighted by Gasteiger charge is 2.18. The molecular weight excluding hydrogens is 282 g/mol. The van der Waals surface area contributed by atoms with Gasteiger partial charge in [-0.15, -0.1) is 11.8 Å². The molecule has 0 N–H and O–H groups in total. The zero-order valence-electron chi connectivity index (χ0n) is 12.0. The molecule has 1 heterocycles. The predicted molar refractivity (Wildman–Crippen MR) is 92.3 cm³/mol. The van der Waals surface area contributed by atoms with Gasteiger partial charge in [-0.1, -0.05) is 42.5 Å². The molecular formula is C17H18NS2+. The minimum absolute atomic E-state index is 1.09. The van der Waals surface area contributed by atoms with Gasteiger partial charge in [-0.25, -0.2) is 0 Å². The molecule has 2 aromatic carbocycles. The van der Waals surface area contributed by atoms with Gasteiger partial charge in [0.05, 0.1) is 5.39 Å². The minimum Gasteiger partial charge on any atom is -0.184 e. The monoisotopic (exact) mass is 300 g/mol. The summed E-state index contributed by atoms with van der Waals surface area (Å²) in [5.74, 6) is 0. The van der Waals surface area contributed by atoms with Crippen molar-refractivity contribution in [3.63, 3.8) is 0 Å². The zero-order chi connectivity index (χ0) is 14.1. The largest absolute Gasteiger partial charge is 0.263 e. The summed E-state index contributed by atoms with van der Waals surface area (Å²) >= 11 is 3.71. The molecule has 0 saturated carbocycles. The van der Waals surface area contributed by atoms with Crippen molar-refractivity contribution in [2.45, 2.75) is 13.3 Å². The second-order valence-corrected chi connectivity index (χ2v) is 6.80. The molecule has 0 aliphatic heterocycles. The Bertz CT molecular complexity index is 793. The van der Waals surface area contributed by atoms with Crippen LogP contribution >= 0.6 is 23.1 Å². The molecule has 0 bridgehead atoms. The number of nitrogens with zero attached hydrogens (tertiary/aromatic N) is 1. The van der Waals surface area contributed by atoms with Crippen LogP contribution < -0.4 is 4.57 Å². The van der Waals surface area contributed by atoms with Crippen LogP contribution in [0.15, 0.2) is 41.3 Å². The van der Waals surface area contributed by atoms with Gasteiger partial charge in [-0.3, -0.25) is 0 Å². The first-order chi connectivity index (χ1) is 9.74. The number of aromatic nitrogens is 1. The molecule has 3 rings (SSSR count). The van der Waals surface area contributed by atoms with Gasteiger partial charge in [-0.05, 0) is 35.1 Å². The smallest absolute Gasteiger partial charge is 0.184 e. The van der Waals surface area contributed by atoms with Crippen LogP contribution in [0.1, 0.15) is 18.4 Å². The summed E-state index contributed by atoms with van der Waals surface area (Å²) in [7, 11) is 2.17. The molecule has 0 atom stereocenters. The van der Waals surface area contributed by atoms with Crippen molar-refractivity contribution >= 4 is 50.2 Å². The van der Waals surface area contributed by atoms with E-state index in [-0.39, 0.29) is 0 Å². The fourth-order valence-corrected chi connectivity index (χ4v) is 4.25. The first kappa shape index (κ1) is 13.7. The maximum atomic E-state index is 2.33. The predicted octanol–water partition coefficient (Wildman–Crippen LogP) is 4.99. The van der Waals surface area contributed by atoms with Crippen LogP contribution in [0.2, 0.25) is 0 Å². The fourth-order valence-electron chi connectivity index (χ4n) is 2.52. The lowest BCUT2D eigenvalue weighted by Crippen LogP contribution is -2.29. The van der Waals surface area contributed by atoms with Gasteiger partial charge in [0.2, 0.25) is 5.52 Å². The molecule has 3 heteroatoms. The van der Waals surface area contributed by atoms with E-state index >= 15 is 0 Å². The third-order valence-corrected chi connectivity index (χ3v) is 5.72. The van der Waals surface area contributed by atoms with Gasteiger partial charge < -0.3 is 0 Å². The molecule has 20 heavy (non-hydrogen) atoms. The van der Waals surface area contributed by atoms with E-state index < -0.39 is 0 Å². The molecule has 0 amide bonds. The number of hydrogen-bond acceptors (Lipinski definition) is 2. The van der Waals surface area contributed by atoms with Crippen LogP contribution in [-0.2, 0) is 7.05 Å². The Hall–Kier alpha value is -1.32. The highest BCUT2D eigenvalue weighted by atomic mass is 32.2.